The lowest BCUT2D eigenvalue weighted by atomic mass is 10.0. The summed E-state index contributed by atoms with van der Waals surface area (Å²) < 4.78 is 5.32. The Bertz CT molecular complexity index is 812. The number of para-hydroxylation sites is 1. The number of unbranched alkanes of at least 4 members (excludes halogenated alkanes) is 4. The Morgan fingerprint density at radius 3 is 2.29 bits per heavy atom. The molecule has 0 aromatic heterocycles. The quantitative estimate of drug-likeness (QED) is 0.217. The van der Waals surface area contributed by atoms with Crippen molar-refractivity contribution in [3.05, 3.63) is 29.8 Å². The number of alkyl carbamates (subject to hydrolysis) is 1. The molecule has 0 fully saturated rings. The molecule has 1 aromatic rings. The predicted molar refractivity (Wildman–Crippen MR) is 142 cm³/mol. The number of aromatic hydroxyl groups is 1. The summed E-state index contributed by atoms with van der Waals surface area (Å²) in [5, 5.41) is 16.1. The molecule has 1 rings (SSSR count). The number of ether oxygens (including phenoxy) is 1. The van der Waals surface area contributed by atoms with E-state index in [9.17, 15) is 19.5 Å². The fraction of sp³-hybridized carbons (Fsp3) is 0.654. The zero-order valence-corrected chi connectivity index (χ0v) is 22.7. The minimum atomic E-state index is -1.05. The third-order valence-electron chi connectivity index (χ3n) is 5.33. The summed E-state index contributed by atoms with van der Waals surface area (Å²) in [7, 11) is 0. The minimum Gasteiger partial charge on any atom is -0.508 e. The predicted octanol–water partition coefficient (Wildman–Crippen LogP) is 4.58. The average molecular weight is 510 g/mol. The van der Waals surface area contributed by atoms with Gasteiger partial charge < -0.3 is 25.4 Å². The number of carbonyl (C=O) groups is 3. The highest BCUT2D eigenvalue weighted by atomic mass is 32.1. The molecule has 0 saturated carbocycles. The number of hydrogen-bond donors (Lipinski definition) is 4. The number of thiol groups is 1. The minimum absolute atomic E-state index is 0.0223. The highest BCUT2D eigenvalue weighted by Gasteiger charge is 2.36. The van der Waals surface area contributed by atoms with Gasteiger partial charge in [0.1, 0.15) is 23.4 Å². The molecule has 35 heavy (non-hydrogen) atoms. The number of hydrogen-bond acceptors (Lipinski definition) is 6. The first kappa shape index (κ1) is 30.6. The maximum Gasteiger partial charge on any atom is 0.408 e. The molecule has 2 atom stereocenters. The van der Waals surface area contributed by atoms with Crippen LogP contribution in [0.3, 0.4) is 0 Å². The second kappa shape index (κ2) is 15.5. The Kier molecular flexibility index (Phi) is 13.6. The van der Waals surface area contributed by atoms with Crippen LogP contribution in [-0.2, 0) is 14.3 Å². The Labute approximate surface area is 215 Å². The van der Waals surface area contributed by atoms with Crippen LogP contribution in [0.15, 0.2) is 24.3 Å². The van der Waals surface area contributed by atoms with E-state index in [0.29, 0.717) is 25.1 Å². The fourth-order valence-electron chi connectivity index (χ4n) is 3.57. The molecule has 8 nitrogen and oxygen atoms in total. The first-order valence-corrected chi connectivity index (χ1v) is 13.1. The zero-order chi connectivity index (χ0) is 26.4. The van der Waals surface area contributed by atoms with E-state index >= 15 is 0 Å². The summed E-state index contributed by atoms with van der Waals surface area (Å²) in [5.41, 5.74) is -0.397. The average Bonchev–Trinajstić information content (AvgIpc) is 2.79. The van der Waals surface area contributed by atoms with Gasteiger partial charge in [0.05, 0.1) is 0 Å². The number of amides is 3. The molecule has 1 aromatic carbocycles. The van der Waals surface area contributed by atoms with Gasteiger partial charge in [-0.15, -0.1) is 0 Å². The van der Waals surface area contributed by atoms with E-state index in [0.717, 1.165) is 32.1 Å². The van der Waals surface area contributed by atoms with Crippen molar-refractivity contribution in [2.24, 2.45) is 0 Å². The summed E-state index contributed by atoms with van der Waals surface area (Å²) in [4.78, 5) is 41.0. The first-order chi connectivity index (χ1) is 16.6. The molecule has 198 valence electrons. The summed E-state index contributed by atoms with van der Waals surface area (Å²) in [5.74, 6) is -0.883. The van der Waals surface area contributed by atoms with Gasteiger partial charge in [-0.05, 0) is 39.7 Å². The van der Waals surface area contributed by atoms with E-state index in [4.69, 9.17) is 4.74 Å². The van der Waals surface area contributed by atoms with Gasteiger partial charge in [-0.2, -0.15) is 12.6 Å². The van der Waals surface area contributed by atoms with Gasteiger partial charge in [-0.1, -0.05) is 57.7 Å². The smallest absolute Gasteiger partial charge is 0.408 e. The summed E-state index contributed by atoms with van der Waals surface area (Å²) >= 11 is 4.29. The molecule has 0 aliphatic heterocycles. The highest BCUT2D eigenvalue weighted by Crippen LogP contribution is 2.30. The third kappa shape index (κ3) is 10.8. The van der Waals surface area contributed by atoms with Crippen LogP contribution in [-0.4, -0.2) is 58.4 Å². The number of benzene rings is 1. The third-order valence-corrected chi connectivity index (χ3v) is 5.69. The van der Waals surface area contributed by atoms with Crippen LogP contribution in [0.25, 0.3) is 0 Å². The lowest BCUT2D eigenvalue weighted by molar-refractivity contribution is -0.142. The van der Waals surface area contributed by atoms with Crippen molar-refractivity contribution >= 4 is 30.5 Å². The van der Waals surface area contributed by atoms with Crippen LogP contribution in [0.2, 0.25) is 0 Å². The molecule has 0 bridgehead atoms. The number of nitrogens with one attached hydrogen (secondary N) is 2. The lowest BCUT2D eigenvalue weighted by Crippen LogP contribution is -2.54. The number of carbonyl (C=O) groups excluding carboxylic acids is 3. The molecule has 2 unspecified atom stereocenters. The fourth-order valence-corrected chi connectivity index (χ4v) is 3.81. The van der Waals surface area contributed by atoms with Crippen molar-refractivity contribution in [1.29, 1.82) is 0 Å². The maximum atomic E-state index is 13.7. The number of rotatable bonds is 14. The molecule has 3 N–H and O–H groups in total. The van der Waals surface area contributed by atoms with Crippen molar-refractivity contribution in [2.75, 3.05) is 18.8 Å². The van der Waals surface area contributed by atoms with Gasteiger partial charge in [-0.25, -0.2) is 4.79 Å². The monoisotopic (exact) mass is 509 g/mol. The van der Waals surface area contributed by atoms with E-state index < -0.39 is 29.7 Å². The van der Waals surface area contributed by atoms with E-state index in [1.807, 2.05) is 6.92 Å². The van der Waals surface area contributed by atoms with Crippen LogP contribution in [0.4, 0.5) is 4.79 Å². The second-order valence-electron chi connectivity index (χ2n) is 9.58. The molecular formula is C26H43N3O5S. The van der Waals surface area contributed by atoms with Crippen molar-refractivity contribution < 1.29 is 24.2 Å². The van der Waals surface area contributed by atoms with Crippen LogP contribution < -0.4 is 10.6 Å². The van der Waals surface area contributed by atoms with Crippen LogP contribution in [0, 0.1) is 0 Å². The van der Waals surface area contributed by atoms with Crippen molar-refractivity contribution in [3.63, 3.8) is 0 Å². The number of phenolic OH excluding ortho intramolecular Hbond substituents is 1. The second-order valence-corrected chi connectivity index (χ2v) is 9.94. The van der Waals surface area contributed by atoms with Gasteiger partial charge >= 0.3 is 6.09 Å². The zero-order valence-electron chi connectivity index (χ0n) is 21.8. The molecule has 9 heteroatoms. The summed E-state index contributed by atoms with van der Waals surface area (Å²) in [6.07, 6.45) is 4.55. The standard InChI is InChI=1S/C26H43N3O5S/c1-6-8-10-13-17-29(24(32)20(18-35)28-25(33)34-26(3,4)5)22(23(31)27-16-9-7-2)19-14-11-12-15-21(19)30/h11-12,14-15,20,22,30,35H,6-10,13,16-18H2,1-5H3,(H,27,31)(H,28,33). The van der Waals surface area contributed by atoms with Gasteiger partial charge in [-0.3, -0.25) is 9.59 Å². The lowest BCUT2D eigenvalue weighted by Gasteiger charge is -2.34. The van der Waals surface area contributed by atoms with Crippen molar-refractivity contribution in [1.82, 2.24) is 15.5 Å². The summed E-state index contributed by atoms with van der Waals surface area (Å²) in [6.45, 7) is 10.1. The summed E-state index contributed by atoms with van der Waals surface area (Å²) in [6, 6.07) is 4.47. The maximum absolute atomic E-state index is 13.7. The van der Waals surface area contributed by atoms with Gasteiger partial charge in [0, 0.05) is 24.4 Å². The molecular weight excluding hydrogens is 466 g/mol. The molecule has 3 amide bonds. The van der Waals surface area contributed by atoms with Crippen molar-refractivity contribution in [2.45, 2.75) is 90.8 Å². The Hall–Kier alpha value is -2.42. The SMILES string of the molecule is CCCCCCN(C(=O)C(CS)NC(=O)OC(C)(C)C)C(C(=O)NCCCC)c1ccccc1O. The topological polar surface area (TPSA) is 108 Å². The van der Waals surface area contributed by atoms with E-state index in [-0.39, 0.29) is 17.4 Å². The van der Waals surface area contributed by atoms with E-state index in [1.54, 1.807) is 39.0 Å². The first-order valence-electron chi connectivity index (χ1n) is 12.5. The normalized spacial score (nSPS) is 13.0. The van der Waals surface area contributed by atoms with E-state index in [2.05, 4.69) is 30.2 Å². The molecule has 0 heterocycles. The Balaban J connectivity index is 3.34. The van der Waals surface area contributed by atoms with Gasteiger partial charge in [0.25, 0.3) is 0 Å². The Morgan fingerprint density at radius 2 is 1.71 bits per heavy atom. The molecule has 0 saturated heterocycles. The van der Waals surface area contributed by atoms with Crippen LogP contribution >= 0.6 is 12.6 Å². The van der Waals surface area contributed by atoms with Crippen LogP contribution in [0.1, 0.15) is 84.7 Å². The van der Waals surface area contributed by atoms with E-state index in [1.165, 1.54) is 11.0 Å². The number of nitrogens with zero attached hydrogens (tertiary/aromatic N) is 1. The van der Waals surface area contributed by atoms with Gasteiger partial charge in [0.15, 0.2) is 0 Å². The van der Waals surface area contributed by atoms with Gasteiger partial charge in [0.2, 0.25) is 11.8 Å². The van der Waals surface area contributed by atoms with Crippen molar-refractivity contribution in [3.8, 4) is 5.75 Å². The highest BCUT2D eigenvalue weighted by molar-refractivity contribution is 7.80. The Morgan fingerprint density at radius 1 is 1.06 bits per heavy atom. The molecule has 0 aliphatic carbocycles. The molecule has 0 aliphatic rings. The molecule has 0 radical (unpaired) electrons. The van der Waals surface area contributed by atoms with Crippen LogP contribution in [0.5, 0.6) is 5.75 Å². The molecule has 0 spiro atoms. The number of phenols is 1. The largest absolute Gasteiger partial charge is 0.508 e.